The van der Waals surface area contributed by atoms with Crippen LogP contribution in [0, 0.1) is 0 Å². The maximum absolute atomic E-state index is 12.6. The Morgan fingerprint density at radius 2 is 1.90 bits per heavy atom. The number of hydrogen-bond acceptors (Lipinski definition) is 4. The summed E-state index contributed by atoms with van der Waals surface area (Å²) in [5.41, 5.74) is 0. The second kappa shape index (κ2) is 7.02. The highest BCUT2D eigenvalue weighted by molar-refractivity contribution is 7.92. The van der Waals surface area contributed by atoms with Crippen LogP contribution in [0.4, 0.5) is 0 Å². The van der Waals surface area contributed by atoms with Crippen molar-refractivity contribution in [3.05, 3.63) is 43.0 Å². The molecule has 0 radical (unpaired) electrons. The zero-order valence-electron chi connectivity index (χ0n) is 11.4. The van der Waals surface area contributed by atoms with Gasteiger partial charge in [0, 0.05) is 0 Å². The highest BCUT2D eigenvalue weighted by Gasteiger charge is 2.28. The van der Waals surface area contributed by atoms with Gasteiger partial charge in [0.2, 0.25) is 0 Å². The van der Waals surface area contributed by atoms with Crippen molar-refractivity contribution in [2.45, 2.75) is 35.7 Å². The monoisotopic (exact) mass is 296 g/mol. The van der Waals surface area contributed by atoms with Crippen LogP contribution in [0.1, 0.15) is 19.3 Å². The number of ether oxygens (including phenoxy) is 2. The number of benzene rings is 1. The molecule has 1 aromatic rings. The summed E-state index contributed by atoms with van der Waals surface area (Å²) in [4.78, 5) is 0.361. The molecule has 1 heterocycles. The summed E-state index contributed by atoms with van der Waals surface area (Å²) in [5.74, 6) is 0. The third kappa shape index (κ3) is 3.69. The molecule has 1 unspecified atom stereocenters. The van der Waals surface area contributed by atoms with Crippen LogP contribution in [-0.4, -0.2) is 33.2 Å². The maximum Gasteiger partial charge on any atom is 0.181 e. The van der Waals surface area contributed by atoms with Crippen LogP contribution in [0.2, 0.25) is 0 Å². The van der Waals surface area contributed by atoms with Crippen molar-refractivity contribution in [2.24, 2.45) is 0 Å². The number of sulfone groups is 1. The Morgan fingerprint density at radius 3 is 2.50 bits per heavy atom. The average Bonchev–Trinajstić information content (AvgIpc) is 2.97. The van der Waals surface area contributed by atoms with Crippen LogP contribution in [0.5, 0.6) is 0 Å². The zero-order valence-corrected chi connectivity index (χ0v) is 12.2. The van der Waals surface area contributed by atoms with Crippen molar-refractivity contribution in [3.63, 3.8) is 0 Å². The van der Waals surface area contributed by atoms with Crippen LogP contribution < -0.4 is 0 Å². The molecular weight excluding hydrogens is 276 g/mol. The molecule has 0 aromatic heterocycles. The van der Waals surface area contributed by atoms with Crippen LogP contribution in [-0.2, 0) is 19.3 Å². The quantitative estimate of drug-likeness (QED) is 0.726. The highest BCUT2D eigenvalue weighted by Crippen LogP contribution is 2.24. The van der Waals surface area contributed by atoms with Crippen molar-refractivity contribution in [3.8, 4) is 0 Å². The topological polar surface area (TPSA) is 52.6 Å². The van der Waals surface area contributed by atoms with Gasteiger partial charge < -0.3 is 9.47 Å². The zero-order chi connectivity index (χ0) is 14.4. The molecule has 2 rings (SSSR count). The Kier molecular flexibility index (Phi) is 5.34. The van der Waals surface area contributed by atoms with Crippen LogP contribution >= 0.6 is 0 Å². The Labute approximate surface area is 120 Å². The van der Waals surface area contributed by atoms with Crippen molar-refractivity contribution in [2.75, 3.05) is 13.2 Å². The first-order valence-electron chi connectivity index (χ1n) is 6.77. The lowest BCUT2D eigenvalue weighted by Crippen LogP contribution is -2.23. The van der Waals surface area contributed by atoms with E-state index in [1.165, 1.54) is 0 Å². The fourth-order valence-corrected chi connectivity index (χ4v) is 4.04. The molecule has 110 valence electrons. The van der Waals surface area contributed by atoms with Gasteiger partial charge in [-0.25, -0.2) is 8.42 Å². The number of hydrogen-bond donors (Lipinski definition) is 0. The average molecular weight is 296 g/mol. The van der Waals surface area contributed by atoms with E-state index in [9.17, 15) is 8.42 Å². The van der Waals surface area contributed by atoms with Gasteiger partial charge in [-0.3, -0.25) is 0 Å². The SMILES string of the molecule is C=CCC(CCC1OCCO1)S(=O)(=O)c1ccccc1. The second-order valence-corrected chi connectivity index (χ2v) is 6.98. The Bertz CT molecular complexity index is 518. The van der Waals surface area contributed by atoms with E-state index in [4.69, 9.17) is 9.47 Å². The predicted molar refractivity (Wildman–Crippen MR) is 77.2 cm³/mol. The molecular formula is C15H20O4S. The van der Waals surface area contributed by atoms with Gasteiger partial charge >= 0.3 is 0 Å². The van der Waals surface area contributed by atoms with E-state index in [0.717, 1.165) is 0 Å². The lowest BCUT2D eigenvalue weighted by molar-refractivity contribution is -0.0477. The van der Waals surface area contributed by atoms with Crippen LogP contribution in [0.25, 0.3) is 0 Å². The van der Waals surface area contributed by atoms with Gasteiger partial charge in [-0.15, -0.1) is 6.58 Å². The predicted octanol–water partition coefficient (Wildman–Crippen LogP) is 2.56. The Hall–Kier alpha value is -1.17. The second-order valence-electron chi connectivity index (χ2n) is 4.75. The molecule has 1 atom stereocenters. The van der Waals surface area contributed by atoms with Crippen molar-refractivity contribution < 1.29 is 17.9 Å². The van der Waals surface area contributed by atoms with Gasteiger partial charge in [-0.1, -0.05) is 24.3 Å². The molecule has 1 aliphatic rings. The summed E-state index contributed by atoms with van der Waals surface area (Å²) < 4.78 is 35.9. The van der Waals surface area contributed by atoms with Crippen molar-refractivity contribution in [1.29, 1.82) is 0 Å². The van der Waals surface area contributed by atoms with E-state index in [1.54, 1.807) is 30.3 Å². The third-order valence-corrected chi connectivity index (χ3v) is 5.59. The van der Waals surface area contributed by atoms with Gasteiger partial charge in [0.25, 0.3) is 0 Å². The molecule has 0 bridgehead atoms. The van der Waals surface area contributed by atoms with E-state index in [0.29, 0.717) is 37.4 Å². The first-order valence-corrected chi connectivity index (χ1v) is 8.32. The van der Waals surface area contributed by atoms with Crippen molar-refractivity contribution in [1.82, 2.24) is 0 Å². The molecule has 0 N–H and O–H groups in total. The first-order chi connectivity index (χ1) is 9.64. The third-order valence-electron chi connectivity index (χ3n) is 3.36. The van der Waals surface area contributed by atoms with Gasteiger partial charge in [0.1, 0.15) is 0 Å². The van der Waals surface area contributed by atoms with Gasteiger partial charge in [-0.05, 0) is 31.4 Å². The lowest BCUT2D eigenvalue weighted by atomic mass is 10.2. The van der Waals surface area contributed by atoms with E-state index < -0.39 is 15.1 Å². The maximum atomic E-state index is 12.6. The minimum Gasteiger partial charge on any atom is -0.350 e. The van der Waals surface area contributed by atoms with E-state index in [-0.39, 0.29) is 6.29 Å². The fraction of sp³-hybridized carbons (Fsp3) is 0.467. The smallest absolute Gasteiger partial charge is 0.181 e. The van der Waals surface area contributed by atoms with Crippen LogP contribution in [0.15, 0.2) is 47.9 Å². The molecule has 1 fully saturated rings. The minimum atomic E-state index is -3.34. The summed E-state index contributed by atoms with van der Waals surface area (Å²) in [6.45, 7) is 4.83. The summed E-state index contributed by atoms with van der Waals surface area (Å²) in [6, 6.07) is 8.55. The van der Waals surface area contributed by atoms with E-state index >= 15 is 0 Å². The molecule has 4 nitrogen and oxygen atoms in total. The molecule has 0 spiro atoms. The minimum absolute atomic E-state index is 0.270. The van der Waals surface area contributed by atoms with Gasteiger partial charge in [0.05, 0.1) is 23.4 Å². The summed E-state index contributed by atoms with van der Waals surface area (Å²) in [7, 11) is -3.34. The van der Waals surface area contributed by atoms with Gasteiger partial charge in [-0.2, -0.15) is 0 Å². The van der Waals surface area contributed by atoms with Gasteiger partial charge in [0.15, 0.2) is 16.1 Å². The number of rotatable bonds is 7. The summed E-state index contributed by atoms with van der Waals surface area (Å²) in [5, 5.41) is -0.477. The summed E-state index contributed by atoms with van der Waals surface area (Å²) >= 11 is 0. The normalized spacial score (nSPS) is 18.0. The molecule has 20 heavy (non-hydrogen) atoms. The largest absolute Gasteiger partial charge is 0.350 e. The first kappa shape index (κ1) is 15.2. The molecule has 1 saturated heterocycles. The molecule has 0 saturated carbocycles. The molecule has 1 aliphatic heterocycles. The number of allylic oxidation sites excluding steroid dienone is 1. The highest BCUT2D eigenvalue weighted by atomic mass is 32.2. The van der Waals surface area contributed by atoms with Crippen LogP contribution in [0.3, 0.4) is 0 Å². The van der Waals surface area contributed by atoms with E-state index in [1.807, 2.05) is 6.07 Å². The standard InChI is InChI=1S/C15H20O4S/c1-2-6-13(9-10-15-18-11-12-19-15)20(16,17)14-7-4-3-5-8-14/h2-5,7-8,13,15H,1,6,9-12H2. The lowest BCUT2D eigenvalue weighted by Gasteiger charge is -2.18. The van der Waals surface area contributed by atoms with Crippen molar-refractivity contribution >= 4 is 9.84 Å². The van der Waals surface area contributed by atoms with E-state index in [2.05, 4.69) is 6.58 Å². The Morgan fingerprint density at radius 1 is 1.25 bits per heavy atom. The molecule has 1 aromatic carbocycles. The molecule has 0 amide bonds. The Balaban J connectivity index is 2.08. The summed E-state index contributed by atoms with van der Waals surface area (Å²) in [6.07, 6.45) is 2.91. The molecule has 5 heteroatoms. The fourth-order valence-electron chi connectivity index (χ4n) is 2.28. The molecule has 0 aliphatic carbocycles.